The van der Waals surface area contributed by atoms with Crippen LogP contribution in [0.5, 0.6) is 0 Å². The molecule has 0 saturated carbocycles. The van der Waals surface area contributed by atoms with Crippen molar-refractivity contribution >= 4 is 10.0 Å². The van der Waals surface area contributed by atoms with Crippen molar-refractivity contribution in [1.82, 2.24) is 9.78 Å². The minimum absolute atomic E-state index is 0.0323. The number of sulfonamides is 1. The number of aromatic nitrogens is 2. The Hall–Kier alpha value is -3.09. The summed E-state index contributed by atoms with van der Waals surface area (Å²) < 4.78 is 65.3. The van der Waals surface area contributed by atoms with E-state index in [2.05, 4.69) is 17.1 Å². The van der Waals surface area contributed by atoms with Gasteiger partial charge in [-0.05, 0) is 31.5 Å². The molecule has 0 aliphatic rings. The second kappa shape index (κ2) is 7.39. The van der Waals surface area contributed by atoms with Gasteiger partial charge in [-0.3, -0.25) is 0 Å². The standard InChI is InChI=1S/C20H16F3N3O2S/c1-3-12-26-19(20(21,22)23)17(14-6-4-13(2)5-7-14)18(25-26)15-8-10-16(11-9-15)29(24,27)28/h4-11H,1-2H3,(H2,24,27,28). The minimum Gasteiger partial charge on any atom is -0.225 e. The van der Waals surface area contributed by atoms with E-state index in [4.69, 9.17) is 5.14 Å². The van der Waals surface area contributed by atoms with Gasteiger partial charge in [0.1, 0.15) is 5.69 Å². The Kier molecular flexibility index (Phi) is 5.26. The van der Waals surface area contributed by atoms with Crippen LogP contribution in [0.2, 0.25) is 0 Å². The third kappa shape index (κ3) is 4.18. The SMILES string of the molecule is CC#Cn1nc(-c2ccc(S(N)(=O)=O)cc2)c(-c2ccc(C)cc2)c1C(F)(F)F. The zero-order valence-electron chi connectivity index (χ0n) is 15.4. The lowest BCUT2D eigenvalue weighted by Gasteiger charge is -2.11. The van der Waals surface area contributed by atoms with Gasteiger partial charge in [-0.25, -0.2) is 13.6 Å². The quantitative estimate of drug-likeness (QED) is 0.652. The van der Waals surface area contributed by atoms with E-state index in [9.17, 15) is 21.6 Å². The van der Waals surface area contributed by atoms with Crippen molar-refractivity contribution in [2.24, 2.45) is 5.14 Å². The summed E-state index contributed by atoms with van der Waals surface area (Å²) in [5.41, 5.74) is 0.407. The second-order valence-corrected chi connectivity index (χ2v) is 7.84. The van der Waals surface area contributed by atoms with Gasteiger partial charge in [-0.15, -0.1) is 0 Å². The molecule has 3 rings (SSSR count). The fourth-order valence-corrected chi connectivity index (χ4v) is 3.38. The van der Waals surface area contributed by atoms with Gasteiger partial charge in [0.05, 0.1) is 4.90 Å². The lowest BCUT2D eigenvalue weighted by atomic mass is 9.98. The highest BCUT2D eigenvalue weighted by molar-refractivity contribution is 7.89. The molecular formula is C20H16F3N3O2S. The normalized spacial score (nSPS) is 11.8. The first-order valence-electron chi connectivity index (χ1n) is 8.35. The fourth-order valence-electron chi connectivity index (χ4n) is 2.86. The molecule has 1 heterocycles. The lowest BCUT2D eigenvalue weighted by molar-refractivity contribution is -0.142. The molecule has 5 nitrogen and oxygen atoms in total. The van der Waals surface area contributed by atoms with Crippen molar-refractivity contribution in [3.63, 3.8) is 0 Å². The van der Waals surface area contributed by atoms with Crippen molar-refractivity contribution in [1.29, 1.82) is 0 Å². The Morgan fingerprint density at radius 2 is 1.55 bits per heavy atom. The molecule has 0 aliphatic carbocycles. The van der Waals surface area contributed by atoms with Gasteiger partial charge in [-0.1, -0.05) is 47.9 Å². The van der Waals surface area contributed by atoms with Gasteiger partial charge < -0.3 is 0 Å². The predicted molar refractivity (Wildman–Crippen MR) is 103 cm³/mol. The molecule has 2 aromatic carbocycles. The van der Waals surface area contributed by atoms with E-state index in [-0.39, 0.29) is 16.2 Å². The van der Waals surface area contributed by atoms with E-state index >= 15 is 0 Å². The molecule has 0 unspecified atom stereocenters. The Morgan fingerprint density at radius 3 is 2.03 bits per heavy atom. The van der Waals surface area contributed by atoms with E-state index in [0.29, 0.717) is 15.8 Å². The van der Waals surface area contributed by atoms with Gasteiger partial charge >= 0.3 is 6.18 Å². The fraction of sp³-hybridized carbons (Fsp3) is 0.150. The summed E-state index contributed by atoms with van der Waals surface area (Å²) in [6, 6.07) is 14.1. The second-order valence-electron chi connectivity index (χ2n) is 6.28. The van der Waals surface area contributed by atoms with Crippen LogP contribution in [-0.2, 0) is 16.2 Å². The molecule has 0 radical (unpaired) electrons. The lowest BCUT2D eigenvalue weighted by Crippen LogP contribution is -2.13. The molecule has 29 heavy (non-hydrogen) atoms. The highest BCUT2D eigenvalue weighted by Crippen LogP contribution is 2.42. The van der Waals surface area contributed by atoms with Crippen LogP contribution in [-0.4, -0.2) is 18.2 Å². The van der Waals surface area contributed by atoms with Crippen molar-refractivity contribution < 1.29 is 21.6 Å². The molecule has 0 bridgehead atoms. The predicted octanol–water partition coefficient (Wildman–Crippen LogP) is 4.02. The Balaban J connectivity index is 2.34. The number of primary sulfonamides is 1. The van der Waals surface area contributed by atoms with E-state index < -0.39 is 21.9 Å². The molecule has 0 amide bonds. The topological polar surface area (TPSA) is 78.0 Å². The molecule has 2 N–H and O–H groups in total. The largest absolute Gasteiger partial charge is 0.434 e. The average Bonchev–Trinajstić information content (AvgIpc) is 3.02. The molecule has 0 spiro atoms. The van der Waals surface area contributed by atoms with Gasteiger partial charge in [0.25, 0.3) is 0 Å². The zero-order chi connectivity index (χ0) is 21.4. The molecule has 9 heteroatoms. The van der Waals surface area contributed by atoms with E-state index in [0.717, 1.165) is 5.56 Å². The summed E-state index contributed by atoms with van der Waals surface area (Å²) in [7, 11) is -3.93. The van der Waals surface area contributed by atoms with Gasteiger partial charge in [0, 0.05) is 17.2 Å². The van der Waals surface area contributed by atoms with Crippen LogP contribution in [0.15, 0.2) is 53.4 Å². The van der Waals surface area contributed by atoms with E-state index in [1.807, 2.05) is 6.92 Å². The van der Waals surface area contributed by atoms with Crippen molar-refractivity contribution in [3.8, 4) is 34.3 Å². The zero-order valence-corrected chi connectivity index (χ0v) is 16.3. The number of rotatable bonds is 3. The van der Waals surface area contributed by atoms with Crippen LogP contribution in [0.3, 0.4) is 0 Å². The minimum atomic E-state index is -4.71. The summed E-state index contributed by atoms with van der Waals surface area (Å²) in [5, 5.41) is 9.16. The van der Waals surface area contributed by atoms with Crippen LogP contribution in [0.1, 0.15) is 18.2 Å². The van der Waals surface area contributed by atoms with E-state index in [1.54, 1.807) is 24.3 Å². The monoisotopic (exact) mass is 419 g/mol. The van der Waals surface area contributed by atoms with Gasteiger partial charge in [0.2, 0.25) is 10.0 Å². The third-order valence-corrected chi connectivity index (χ3v) is 5.10. The molecule has 0 aliphatic heterocycles. The maximum Gasteiger partial charge on any atom is 0.434 e. The number of nitrogens with zero attached hydrogens (tertiary/aromatic N) is 2. The number of aryl methyl sites for hydroxylation is 1. The highest BCUT2D eigenvalue weighted by atomic mass is 32.2. The number of hydrogen-bond acceptors (Lipinski definition) is 3. The molecule has 0 atom stereocenters. The van der Waals surface area contributed by atoms with Crippen LogP contribution in [0, 0.1) is 18.9 Å². The summed E-state index contributed by atoms with van der Waals surface area (Å²) in [4.78, 5) is -0.151. The first-order valence-corrected chi connectivity index (χ1v) is 9.90. The van der Waals surface area contributed by atoms with Crippen molar-refractivity contribution in [2.45, 2.75) is 24.9 Å². The summed E-state index contributed by atoms with van der Waals surface area (Å²) in [6.45, 7) is 3.24. The molecular weight excluding hydrogens is 403 g/mol. The van der Waals surface area contributed by atoms with Gasteiger partial charge in [-0.2, -0.15) is 23.0 Å². The molecule has 0 saturated heterocycles. The molecule has 1 aromatic heterocycles. The van der Waals surface area contributed by atoms with Crippen LogP contribution >= 0.6 is 0 Å². The Bertz CT molecular complexity index is 1220. The smallest absolute Gasteiger partial charge is 0.225 e. The maximum atomic E-state index is 13.9. The molecule has 0 fully saturated rings. The Morgan fingerprint density at radius 1 is 1.00 bits per heavy atom. The third-order valence-electron chi connectivity index (χ3n) is 4.17. The number of halogens is 3. The summed E-state index contributed by atoms with van der Waals surface area (Å²) in [5.74, 6) is 2.43. The van der Waals surface area contributed by atoms with Crippen LogP contribution < -0.4 is 5.14 Å². The van der Waals surface area contributed by atoms with Crippen LogP contribution in [0.4, 0.5) is 13.2 Å². The number of hydrogen-bond donors (Lipinski definition) is 1. The van der Waals surface area contributed by atoms with Gasteiger partial charge in [0.15, 0.2) is 5.69 Å². The average molecular weight is 419 g/mol. The molecule has 150 valence electrons. The first kappa shape index (κ1) is 20.6. The molecule has 3 aromatic rings. The van der Waals surface area contributed by atoms with Crippen molar-refractivity contribution in [3.05, 3.63) is 59.8 Å². The highest BCUT2D eigenvalue weighted by Gasteiger charge is 2.40. The number of alkyl halides is 3. The number of nitrogens with two attached hydrogens (primary N) is 1. The summed E-state index contributed by atoms with van der Waals surface area (Å²) >= 11 is 0. The summed E-state index contributed by atoms with van der Waals surface area (Å²) in [6.07, 6.45) is -4.71. The first-order chi connectivity index (χ1) is 13.5. The maximum absolute atomic E-state index is 13.9. The van der Waals surface area contributed by atoms with E-state index in [1.165, 1.54) is 31.2 Å². The Labute approximate surface area is 166 Å². The number of benzene rings is 2. The van der Waals surface area contributed by atoms with Crippen LogP contribution in [0.25, 0.3) is 22.4 Å². The van der Waals surface area contributed by atoms with Crippen molar-refractivity contribution in [2.75, 3.05) is 0 Å².